The Morgan fingerprint density at radius 3 is 3.04 bits per heavy atom. The van der Waals surface area contributed by atoms with Crippen LogP contribution in [0, 0.1) is 0 Å². The van der Waals surface area contributed by atoms with Gasteiger partial charge in [-0.3, -0.25) is 5.43 Å². The van der Waals surface area contributed by atoms with E-state index in [-0.39, 0.29) is 6.10 Å². The highest BCUT2D eigenvalue weighted by molar-refractivity contribution is 7.80. The molecule has 0 amide bonds. The Kier molecular flexibility index (Phi) is 6.80. The van der Waals surface area contributed by atoms with Gasteiger partial charge in [-0.05, 0) is 48.3 Å². The minimum absolute atomic E-state index is 0.242. The van der Waals surface area contributed by atoms with E-state index in [0.717, 1.165) is 48.0 Å². The summed E-state index contributed by atoms with van der Waals surface area (Å²) in [6.07, 6.45) is 5.16. The molecule has 0 aliphatic carbocycles. The summed E-state index contributed by atoms with van der Waals surface area (Å²) in [5, 5.41) is 10.2. The Morgan fingerprint density at radius 1 is 1.35 bits per heavy atom. The first kappa shape index (κ1) is 18.6. The van der Waals surface area contributed by atoms with E-state index in [2.05, 4.69) is 41.0 Å². The van der Waals surface area contributed by atoms with Crippen LogP contribution in [0.1, 0.15) is 31.7 Å². The van der Waals surface area contributed by atoms with Gasteiger partial charge >= 0.3 is 0 Å². The van der Waals surface area contributed by atoms with Crippen molar-refractivity contribution in [3.63, 3.8) is 0 Å². The molecule has 3 rings (SSSR count). The van der Waals surface area contributed by atoms with E-state index in [0.29, 0.717) is 18.3 Å². The van der Waals surface area contributed by atoms with Crippen LogP contribution in [-0.2, 0) is 4.74 Å². The van der Waals surface area contributed by atoms with Crippen molar-refractivity contribution in [2.45, 2.75) is 32.3 Å². The van der Waals surface area contributed by atoms with Gasteiger partial charge in [0.05, 0.1) is 18.9 Å². The van der Waals surface area contributed by atoms with E-state index in [1.54, 1.807) is 6.21 Å². The highest BCUT2D eigenvalue weighted by atomic mass is 32.1. The van der Waals surface area contributed by atoms with E-state index in [9.17, 15) is 0 Å². The van der Waals surface area contributed by atoms with Crippen molar-refractivity contribution in [2.24, 2.45) is 5.10 Å². The lowest BCUT2D eigenvalue weighted by Crippen LogP contribution is -2.37. The highest BCUT2D eigenvalue weighted by Crippen LogP contribution is 2.26. The third-order valence-electron chi connectivity index (χ3n) is 4.27. The van der Waals surface area contributed by atoms with Crippen LogP contribution >= 0.6 is 12.2 Å². The molecule has 1 saturated heterocycles. The fraction of sp³-hybridized carbons (Fsp3) is 0.400. The van der Waals surface area contributed by atoms with Crippen LogP contribution < -0.4 is 15.5 Å². The van der Waals surface area contributed by atoms with Crippen molar-refractivity contribution in [1.29, 1.82) is 0 Å². The largest absolute Gasteiger partial charge is 0.493 e. The number of ether oxygens (including phenoxy) is 2. The molecule has 1 fully saturated rings. The number of nitrogens with zero attached hydrogens (tertiary/aromatic N) is 1. The molecule has 0 spiro atoms. The first-order valence-corrected chi connectivity index (χ1v) is 9.52. The molecule has 2 N–H and O–H groups in total. The number of hydrogen-bond donors (Lipinski definition) is 2. The topological polar surface area (TPSA) is 54.9 Å². The third kappa shape index (κ3) is 4.93. The van der Waals surface area contributed by atoms with Gasteiger partial charge in [-0.1, -0.05) is 37.3 Å². The van der Waals surface area contributed by atoms with Crippen molar-refractivity contribution >= 4 is 34.3 Å². The second-order valence-electron chi connectivity index (χ2n) is 6.26. The highest BCUT2D eigenvalue weighted by Gasteiger charge is 2.15. The lowest BCUT2D eigenvalue weighted by molar-refractivity contribution is 0.114. The second kappa shape index (κ2) is 9.50. The van der Waals surface area contributed by atoms with E-state index >= 15 is 0 Å². The van der Waals surface area contributed by atoms with Gasteiger partial charge in [0.1, 0.15) is 5.75 Å². The van der Waals surface area contributed by atoms with Crippen LogP contribution in [0.5, 0.6) is 5.75 Å². The minimum Gasteiger partial charge on any atom is -0.493 e. The predicted molar refractivity (Wildman–Crippen MR) is 110 cm³/mol. The van der Waals surface area contributed by atoms with Crippen molar-refractivity contribution in [2.75, 3.05) is 19.8 Å². The van der Waals surface area contributed by atoms with E-state index in [1.807, 2.05) is 18.2 Å². The molecule has 5 nitrogen and oxygen atoms in total. The molecular formula is C20H25N3O2S. The normalized spacial score (nSPS) is 16.9. The van der Waals surface area contributed by atoms with Crippen molar-refractivity contribution in [1.82, 2.24) is 10.7 Å². The van der Waals surface area contributed by atoms with Gasteiger partial charge in [0.15, 0.2) is 5.11 Å². The molecule has 6 heteroatoms. The zero-order chi connectivity index (χ0) is 18.2. The molecule has 1 atom stereocenters. The minimum atomic E-state index is 0.242. The molecule has 0 unspecified atom stereocenters. The summed E-state index contributed by atoms with van der Waals surface area (Å²) >= 11 is 5.28. The quantitative estimate of drug-likeness (QED) is 0.442. The molecule has 1 heterocycles. The van der Waals surface area contributed by atoms with Crippen molar-refractivity contribution in [3.8, 4) is 5.75 Å². The molecule has 1 aliphatic rings. The maximum absolute atomic E-state index is 5.88. The first-order chi connectivity index (χ1) is 12.8. The first-order valence-electron chi connectivity index (χ1n) is 9.11. The Morgan fingerprint density at radius 2 is 2.23 bits per heavy atom. The van der Waals surface area contributed by atoms with Crippen LogP contribution in [0.3, 0.4) is 0 Å². The predicted octanol–water partition coefficient (Wildman–Crippen LogP) is 3.61. The summed E-state index contributed by atoms with van der Waals surface area (Å²) in [6, 6.07) is 12.3. The molecule has 26 heavy (non-hydrogen) atoms. The smallest absolute Gasteiger partial charge is 0.187 e. The van der Waals surface area contributed by atoms with Gasteiger partial charge in [0, 0.05) is 18.7 Å². The summed E-state index contributed by atoms with van der Waals surface area (Å²) in [6.45, 7) is 4.31. The fourth-order valence-electron chi connectivity index (χ4n) is 2.95. The standard InChI is InChI=1S/C20H25N3O2S/c1-2-11-25-19-10-9-15-6-3-4-8-17(15)18(19)14-22-23-20(26)21-13-16-7-5-12-24-16/h3-4,6,8-10,14,16H,2,5,7,11-13H2,1H3,(H2,21,23,26)/b22-14-/t16-/m0/s1. The Bertz CT molecular complexity index is 773. The van der Waals surface area contributed by atoms with Gasteiger partial charge in [-0.25, -0.2) is 0 Å². The molecule has 0 aromatic heterocycles. The zero-order valence-electron chi connectivity index (χ0n) is 15.0. The Labute approximate surface area is 159 Å². The summed E-state index contributed by atoms with van der Waals surface area (Å²) < 4.78 is 11.5. The van der Waals surface area contributed by atoms with Crippen LogP contribution in [0.2, 0.25) is 0 Å². The van der Waals surface area contributed by atoms with Gasteiger partial charge in [-0.2, -0.15) is 5.10 Å². The fourth-order valence-corrected chi connectivity index (χ4v) is 3.09. The molecule has 138 valence electrons. The van der Waals surface area contributed by atoms with Gasteiger partial charge < -0.3 is 14.8 Å². The van der Waals surface area contributed by atoms with Gasteiger partial charge in [0.2, 0.25) is 0 Å². The van der Waals surface area contributed by atoms with Crippen LogP contribution in [0.15, 0.2) is 41.5 Å². The number of fused-ring (bicyclic) bond motifs is 1. The van der Waals surface area contributed by atoms with Crippen LogP contribution in [0.25, 0.3) is 10.8 Å². The maximum Gasteiger partial charge on any atom is 0.187 e. The lowest BCUT2D eigenvalue weighted by Gasteiger charge is -2.13. The van der Waals surface area contributed by atoms with Gasteiger partial charge in [0.25, 0.3) is 0 Å². The Hall–Kier alpha value is -2.18. The number of thiocarbonyl (C=S) groups is 1. The van der Waals surface area contributed by atoms with Crippen LogP contribution in [-0.4, -0.2) is 37.2 Å². The van der Waals surface area contributed by atoms with E-state index in [4.69, 9.17) is 21.7 Å². The van der Waals surface area contributed by atoms with Crippen molar-refractivity contribution < 1.29 is 9.47 Å². The number of rotatable bonds is 7. The monoisotopic (exact) mass is 371 g/mol. The summed E-state index contributed by atoms with van der Waals surface area (Å²) in [4.78, 5) is 0. The van der Waals surface area contributed by atoms with Gasteiger partial charge in [-0.15, -0.1) is 0 Å². The zero-order valence-corrected chi connectivity index (χ0v) is 15.8. The summed E-state index contributed by atoms with van der Waals surface area (Å²) in [5.41, 5.74) is 3.83. The number of hydrogen-bond acceptors (Lipinski definition) is 4. The lowest BCUT2D eigenvalue weighted by atomic mass is 10.0. The molecule has 0 bridgehead atoms. The molecule has 2 aromatic rings. The average Bonchev–Trinajstić information content (AvgIpc) is 3.19. The molecule has 0 radical (unpaired) electrons. The average molecular weight is 372 g/mol. The van der Waals surface area contributed by atoms with E-state index in [1.165, 1.54) is 0 Å². The SMILES string of the molecule is CCCOc1ccc2ccccc2c1/C=N\NC(=S)NC[C@@H]1CCCO1. The van der Waals surface area contributed by atoms with E-state index < -0.39 is 0 Å². The molecule has 1 aliphatic heterocycles. The summed E-state index contributed by atoms with van der Waals surface area (Å²) in [5.74, 6) is 0.828. The van der Waals surface area contributed by atoms with Crippen molar-refractivity contribution in [3.05, 3.63) is 42.0 Å². The summed E-state index contributed by atoms with van der Waals surface area (Å²) in [7, 11) is 0. The third-order valence-corrected chi connectivity index (χ3v) is 4.50. The van der Waals surface area contributed by atoms with Crippen LogP contribution in [0.4, 0.5) is 0 Å². The second-order valence-corrected chi connectivity index (χ2v) is 6.67. The molecule has 0 saturated carbocycles. The maximum atomic E-state index is 5.88. The Balaban J connectivity index is 1.67. The molecular weight excluding hydrogens is 346 g/mol. The molecule has 2 aromatic carbocycles. The number of benzene rings is 2. The number of hydrazone groups is 1. The number of nitrogens with one attached hydrogen (secondary N) is 2.